The van der Waals surface area contributed by atoms with Gasteiger partial charge in [0.05, 0.1) is 24.1 Å². The second-order valence-electron chi connectivity index (χ2n) is 4.90. The molecule has 0 heterocycles. The van der Waals surface area contributed by atoms with E-state index in [-0.39, 0.29) is 17.4 Å². The standard InChI is InChI=1S/C16H22BrN3O4S/c1-3-8-24-13-6-5-11(10-12(13)17)15(22)18-16(25)20-19-14(21)7-9-23-4-2/h5-6,10H,3-4,7-9H2,1-2H3,(H,19,21)(H2,18,20,22,25). The fraction of sp³-hybridized carbons (Fsp3) is 0.438. The van der Waals surface area contributed by atoms with E-state index in [0.29, 0.717) is 35.6 Å². The Kier molecular flexibility index (Phi) is 10.0. The number of halogens is 1. The number of carbonyl (C=O) groups excluding carboxylic acids is 2. The highest BCUT2D eigenvalue weighted by Crippen LogP contribution is 2.26. The number of hydrogen-bond acceptors (Lipinski definition) is 5. The van der Waals surface area contributed by atoms with Crippen LogP contribution in [0, 0.1) is 0 Å². The van der Waals surface area contributed by atoms with Gasteiger partial charge in [-0.25, -0.2) is 0 Å². The maximum atomic E-state index is 12.2. The Morgan fingerprint density at radius 3 is 2.60 bits per heavy atom. The van der Waals surface area contributed by atoms with Crippen molar-refractivity contribution in [3.8, 4) is 5.75 Å². The van der Waals surface area contributed by atoms with E-state index in [1.54, 1.807) is 18.2 Å². The topological polar surface area (TPSA) is 88.7 Å². The molecule has 0 atom stereocenters. The van der Waals surface area contributed by atoms with E-state index < -0.39 is 5.91 Å². The molecule has 9 heteroatoms. The number of rotatable bonds is 8. The van der Waals surface area contributed by atoms with Crippen LogP contribution in [0.15, 0.2) is 22.7 Å². The second-order valence-corrected chi connectivity index (χ2v) is 6.16. The molecule has 0 radical (unpaired) electrons. The third-order valence-corrected chi connectivity index (χ3v) is 3.70. The van der Waals surface area contributed by atoms with E-state index in [0.717, 1.165) is 6.42 Å². The van der Waals surface area contributed by atoms with Crippen molar-refractivity contribution in [1.82, 2.24) is 16.2 Å². The second kappa shape index (κ2) is 11.8. The lowest BCUT2D eigenvalue weighted by Crippen LogP contribution is -2.48. The Morgan fingerprint density at radius 1 is 1.20 bits per heavy atom. The normalized spacial score (nSPS) is 10.0. The Labute approximate surface area is 160 Å². The lowest BCUT2D eigenvalue weighted by Gasteiger charge is -2.12. The summed E-state index contributed by atoms with van der Waals surface area (Å²) >= 11 is 8.34. The third kappa shape index (κ3) is 8.28. The number of ether oxygens (including phenoxy) is 2. The fourth-order valence-corrected chi connectivity index (χ4v) is 2.31. The first kappa shape index (κ1) is 21.3. The van der Waals surface area contributed by atoms with Gasteiger partial charge >= 0.3 is 0 Å². The fourth-order valence-electron chi connectivity index (χ4n) is 1.68. The number of hydrazine groups is 1. The van der Waals surface area contributed by atoms with Crippen LogP contribution in [-0.2, 0) is 9.53 Å². The van der Waals surface area contributed by atoms with Crippen LogP contribution < -0.4 is 20.9 Å². The van der Waals surface area contributed by atoms with Crippen molar-refractivity contribution < 1.29 is 19.1 Å². The smallest absolute Gasteiger partial charge is 0.257 e. The van der Waals surface area contributed by atoms with Crippen molar-refractivity contribution in [3.63, 3.8) is 0 Å². The van der Waals surface area contributed by atoms with Gasteiger partial charge in [-0.1, -0.05) is 6.92 Å². The van der Waals surface area contributed by atoms with E-state index in [4.69, 9.17) is 21.7 Å². The summed E-state index contributed by atoms with van der Waals surface area (Å²) in [5.74, 6) is -0.0188. The molecule has 0 saturated heterocycles. The zero-order valence-electron chi connectivity index (χ0n) is 14.2. The Bertz CT molecular complexity index is 613. The van der Waals surface area contributed by atoms with Gasteiger partial charge in [-0.15, -0.1) is 0 Å². The number of thiocarbonyl (C=S) groups is 1. The summed E-state index contributed by atoms with van der Waals surface area (Å²) in [6.07, 6.45) is 1.09. The van der Waals surface area contributed by atoms with Crippen molar-refractivity contribution in [2.45, 2.75) is 26.7 Å². The summed E-state index contributed by atoms with van der Waals surface area (Å²) in [4.78, 5) is 23.7. The van der Waals surface area contributed by atoms with Crippen LogP contribution >= 0.6 is 28.1 Å². The molecule has 0 saturated carbocycles. The summed E-state index contributed by atoms with van der Waals surface area (Å²) in [6.45, 7) is 5.33. The quantitative estimate of drug-likeness (QED) is 0.332. The van der Waals surface area contributed by atoms with Crippen LogP contribution in [-0.4, -0.2) is 36.7 Å². The molecule has 1 aromatic carbocycles. The molecule has 7 nitrogen and oxygen atoms in total. The van der Waals surface area contributed by atoms with Crippen LogP contribution in [0.4, 0.5) is 0 Å². The number of carbonyl (C=O) groups is 2. The van der Waals surface area contributed by atoms with Crippen molar-refractivity contribution in [2.24, 2.45) is 0 Å². The summed E-state index contributed by atoms with van der Waals surface area (Å²) < 4.78 is 11.3. The Hall–Kier alpha value is -1.71. The highest BCUT2D eigenvalue weighted by atomic mass is 79.9. The lowest BCUT2D eigenvalue weighted by molar-refractivity contribution is -0.122. The molecular weight excluding hydrogens is 410 g/mol. The van der Waals surface area contributed by atoms with Gasteiger partial charge in [-0.3, -0.25) is 25.8 Å². The number of amides is 2. The molecule has 0 aromatic heterocycles. The predicted molar refractivity (Wildman–Crippen MR) is 102 cm³/mol. The van der Waals surface area contributed by atoms with Gasteiger partial charge in [0, 0.05) is 12.2 Å². The van der Waals surface area contributed by atoms with Gasteiger partial charge < -0.3 is 9.47 Å². The minimum atomic E-state index is -0.399. The molecule has 0 fully saturated rings. The van der Waals surface area contributed by atoms with Crippen molar-refractivity contribution in [3.05, 3.63) is 28.2 Å². The van der Waals surface area contributed by atoms with E-state index in [2.05, 4.69) is 32.1 Å². The van der Waals surface area contributed by atoms with Gasteiger partial charge in [0.2, 0.25) is 5.91 Å². The maximum Gasteiger partial charge on any atom is 0.257 e. The molecular formula is C16H22BrN3O4S. The van der Waals surface area contributed by atoms with E-state index >= 15 is 0 Å². The van der Waals surface area contributed by atoms with E-state index in [1.165, 1.54) is 0 Å². The summed E-state index contributed by atoms with van der Waals surface area (Å²) in [7, 11) is 0. The van der Waals surface area contributed by atoms with Gasteiger partial charge in [-0.05, 0) is 59.7 Å². The number of nitrogens with one attached hydrogen (secondary N) is 3. The van der Waals surface area contributed by atoms with Crippen molar-refractivity contribution in [1.29, 1.82) is 0 Å². The van der Waals surface area contributed by atoms with Gasteiger partial charge in [0.15, 0.2) is 5.11 Å². The summed E-state index contributed by atoms with van der Waals surface area (Å²) in [5, 5.41) is 2.48. The highest BCUT2D eigenvalue weighted by Gasteiger charge is 2.11. The van der Waals surface area contributed by atoms with Gasteiger partial charge in [0.25, 0.3) is 5.91 Å². The molecule has 0 spiro atoms. The Balaban J connectivity index is 2.45. The molecule has 1 rings (SSSR count). The lowest BCUT2D eigenvalue weighted by atomic mass is 10.2. The predicted octanol–water partition coefficient (Wildman–Crippen LogP) is 2.30. The molecule has 0 unspecified atom stereocenters. The molecule has 0 aliphatic carbocycles. The number of benzene rings is 1. The molecule has 1 aromatic rings. The minimum absolute atomic E-state index is 0.00260. The summed E-state index contributed by atoms with van der Waals surface area (Å²) in [6, 6.07) is 4.98. The summed E-state index contributed by atoms with van der Waals surface area (Å²) in [5.41, 5.74) is 5.26. The maximum absolute atomic E-state index is 12.2. The van der Waals surface area contributed by atoms with Crippen LogP contribution in [0.2, 0.25) is 0 Å². The molecule has 138 valence electrons. The van der Waals surface area contributed by atoms with Gasteiger partial charge in [0.1, 0.15) is 5.75 Å². The molecule has 0 bridgehead atoms. The van der Waals surface area contributed by atoms with E-state index in [1.807, 2.05) is 13.8 Å². The highest BCUT2D eigenvalue weighted by molar-refractivity contribution is 9.10. The molecule has 0 aliphatic heterocycles. The van der Waals surface area contributed by atoms with E-state index in [9.17, 15) is 9.59 Å². The zero-order valence-corrected chi connectivity index (χ0v) is 16.6. The SMILES string of the molecule is CCCOc1ccc(C(=O)NC(=S)NNC(=O)CCOCC)cc1Br. The van der Waals surface area contributed by atoms with Crippen LogP contribution in [0.1, 0.15) is 37.0 Å². The molecule has 3 N–H and O–H groups in total. The first-order valence-corrected chi connectivity index (χ1v) is 9.08. The van der Waals surface area contributed by atoms with Crippen LogP contribution in [0.5, 0.6) is 5.75 Å². The van der Waals surface area contributed by atoms with Crippen molar-refractivity contribution >= 4 is 45.1 Å². The Morgan fingerprint density at radius 2 is 1.96 bits per heavy atom. The van der Waals surface area contributed by atoms with Crippen LogP contribution in [0.3, 0.4) is 0 Å². The first-order valence-electron chi connectivity index (χ1n) is 7.88. The zero-order chi connectivity index (χ0) is 18.7. The molecule has 25 heavy (non-hydrogen) atoms. The number of hydrogen-bond donors (Lipinski definition) is 3. The largest absolute Gasteiger partial charge is 0.492 e. The molecule has 0 aliphatic rings. The van der Waals surface area contributed by atoms with Crippen LogP contribution in [0.25, 0.3) is 0 Å². The molecule has 2 amide bonds. The average molecular weight is 432 g/mol. The van der Waals surface area contributed by atoms with Gasteiger partial charge in [-0.2, -0.15) is 0 Å². The monoisotopic (exact) mass is 431 g/mol. The minimum Gasteiger partial charge on any atom is -0.492 e. The van der Waals surface area contributed by atoms with Crippen molar-refractivity contribution in [2.75, 3.05) is 19.8 Å². The average Bonchev–Trinajstić information content (AvgIpc) is 2.59. The third-order valence-electron chi connectivity index (χ3n) is 2.88. The first-order chi connectivity index (χ1) is 12.0.